The Hall–Kier alpha value is -2.77. The van der Waals surface area contributed by atoms with Gasteiger partial charge in [-0.05, 0) is 69.5 Å². The summed E-state index contributed by atoms with van der Waals surface area (Å²) in [6.45, 7) is 0.314. The van der Waals surface area contributed by atoms with Crippen LogP contribution in [0, 0.1) is 5.82 Å². The van der Waals surface area contributed by atoms with E-state index in [2.05, 4.69) is 31.4 Å². The number of carbonyl (C=O) groups excluding carboxylic acids is 1. The summed E-state index contributed by atoms with van der Waals surface area (Å²) in [6, 6.07) is 14.7. The molecule has 1 heterocycles. The van der Waals surface area contributed by atoms with Crippen LogP contribution in [0.15, 0.2) is 70.4 Å². The van der Waals surface area contributed by atoms with Gasteiger partial charge in [0.2, 0.25) is 0 Å². The van der Waals surface area contributed by atoms with E-state index in [1.807, 2.05) is 0 Å². The number of rotatable bonds is 6. The summed E-state index contributed by atoms with van der Waals surface area (Å²) in [5.41, 5.74) is 4.25. The van der Waals surface area contributed by atoms with Crippen molar-refractivity contribution >= 4 is 39.7 Å². The van der Waals surface area contributed by atoms with E-state index in [4.69, 9.17) is 16.3 Å². The lowest BCUT2D eigenvalue weighted by Gasteiger charge is -2.09. The highest BCUT2D eigenvalue weighted by atomic mass is 79.9. The Bertz CT molecular complexity index is 1010. The maximum atomic E-state index is 12.9. The van der Waals surface area contributed by atoms with Gasteiger partial charge >= 0.3 is 0 Å². The topological polar surface area (TPSA) is 63.6 Å². The summed E-state index contributed by atoms with van der Waals surface area (Å²) in [5, 5.41) is 4.04. The third-order valence-corrected chi connectivity index (χ3v) is 4.57. The van der Waals surface area contributed by atoms with Gasteiger partial charge in [-0.25, -0.2) is 14.8 Å². The Morgan fingerprint density at radius 1 is 1.25 bits per heavy atom. The van der Waals surface area contributed by atoms with Crippen molar-refractivity contribution in [1.82, 2.24) is 10.4 Å². The molecule has 0 radical (unpaired) electrons. The smallest absolute Gasteiger partial charge is 0.274 e. The molecule has 1 aromatic heterocycles. The van der Waals surface area contributed by atoms with Crippen LogP contribution in [0.25, 0.3) is 0 Å². The maximum absolute atomic E-state index is 12.9. The highest BCUT2D eigenvalue weighted by Gasteiger charge is 2.09. The van der Waals surface area contributed by atoms with Crippen LogP contribution in [0.1, 0.15) is 21.5 Å². The average Bonchev–Trinajstić information content (AvgIpc) is 2.69. The van der Waals surface area contributed by atoms with Crippen LogP contribution < -0.4 is 10.2 Å². The third kappa shape index (κ3) is 5.37. The SMILES string of the molecule is O=C(NN=Cc1ccc(OCc2ccc(F)cc2)c(Br)c1)c1cccnc1Cl. The van der Waals surface area contributed by atoms with Crippen molar-refractivity contribution in [2.45, 2.75) is 6.61 Å². The van der Waals surface area contributed by atoms with Gasteiger partial charge in [0.1, 0.15) is 23.3 Å². The van der Waals surface area contributed by atoms with E-state index in [9.17, 15) is 9.18 Å². The first kappa shape index (κ1) is 20.0. The Balaban J connectivity index is 1.59. The van der Waals surface area contributed by atoms with E-state index in [0.29, 0.717) is 12.4 Å². The van der Waals surface area contributed by atoms with Crippen LogP contribution in [0.3, 0.4) is 0 Å². The molecular weight excluding hydrogens is 449 g/mol. The molecule has 0 saturated carbocycles. The van der Waals surface area contributed by atoms with E-state index in [1.54, 1.807) is 42.5 Å². The van der Waals surface area contributed by atoms with Crippen LogP contribution in [0.4, 0.5) is 4.39 Å². The number of hydrazone groups is 1. The first-order valence-corrected chi connectivity index (χ1v) is 9.31. The summed E-state index contributed by atoms with van der Waals surface area (Å²) in [5.74, 6) is -0.105. The molecule has 142 valence electrons. The van der Waals surface area contributed by atoms with Crippen molar-refractivity contribution in [3.05, 3.63) is 92.9 Å². The van der Waals surface area contributed by atoms with Gasteiger partial charge in [-0.3, -0.25) is 4.79 Å². The zero-order chi connectivity index (χ0) is 19.9. The number of halogens is 3. The minimum atomic E-state index is -0.451. The zero-order valence-electron chi connectivity index (χ0n) is 14.4. The van der Waals surface area contributed by atoms with E-state index in [0.717, 1.165) is 15.6 Å². The van der Waals surface area contributed by atoms with Gasteiger partial charge in [0.05, 0.1) is 16.3 Å². The molecule has 1 N–H and O–H groups in total. The second-order valence-electron chi connectivity index (χ2n) is 5.65. The molecule has 0 fully saturated rings. The molecule has 0 bridgehead atoms. The minimum absolute atomic E-state index is 0.112. The fourth-order valence-electron chi connectivity index (χ4n) is 2.24. The highest BCUT2D eigenvalue weighted by Crippen LogP contribution is 2.26. The molecule has 3 rings (SSSR count). The molecule has 2 aromatic carbocycles. The number of nitrogens with zero attached hydrogens (tertiary/aromatic N) is 2. The van der Waals surface area contributed by atoms with E-state index >= 15 is 0 Å². The van der Waals surface area contributed by atoms with E-state index in [1.165, 1.54) is 24.5 Å². The summed E-state index contributed by atoms with van der Waals surface area (Å²) in [7, 11) is 0. The normalized spacial score (nSPS) is 10.8. The molecule has 5 nitrogen and oxygen atoms in total. The summed E-state index contributed by atoms with van der Waals surface area (Å²) in [6.07, 6.45) is 3.00. The van der Waals surface area contributed by atoms with E-state index < -0.39 is 5.91 Å². The molecule has 28 heavy (non-hydrogen) atoms. The lowest BCUT2D eigenvalue weighted by molar-refractivity contribution is 0.0955. The maximum Gasteiger partial charge on any atom is 0.274 e. The number of amides is 1. The highest BCUT2D eigenvalue weighted by molar-refractivity contribution is 9.10. The number of ether oxygens (including phenoxy) is 1. The van der Waals surface area contributed by atoms with Crippen molar-refractivity contribution < 1.29 is 13.9 Å². The molecule has 3 aromatic rings. The van der Waals surface area contributed by atoms with Gasteiger partial charge in [0, 0.05) is 6.20 Å². The lowest BCUT2D eigenvalue weighted by atomic mass is 10.2. The average molecular weight is 463 g/mol. The molecule has 0 aliphatic rings. The van der Waals surface area contributed by atoms with Crippen molar-refractivity contribution in [3.63, 3.8) is 0 Å². The first-order chi connectivity index (χ1) is 13.5. The number of pyridine rings is 1. The van der Waals surface area contributed by atoms with Crippen LogP contribution in [0.2, 0.25) is 5.15 Å². The monoisotopic (exact) mass is 461 g/mol. The molecule has 1 amide bonds. The molecule has 0 spiro atoms. The quantitative estimate of drug-likeness (QED) is 0.319. The zero-order valence-corrected chi connectivity index (χ0v) is 16.7. The number of nitrogens with one attached hydrogen (secondary N) is 1. The van der Waals surface area contributed by atoms with Gasteiger partial charge < -0.3 is 4.74 Å². The van der Waals surface area contributed by atoms with Crippen molar-refractivity contribution in [1.29, 1.82) is 0 Å². The Morgan fingerprint density at radius 3 is 2.75 bits per heavy atom. The predicted octanol–water partition coefficient (Wildman–Crippen LogP) is 4.98. The molecule has 8 heteroatoms. The molecule has 0 atom stereocenters. The van der Waals surface area contributed by atoms with Crippen LogP contribution in [-0.2, 0) is 6.61 Å². The number of hydrogen-bond donors (Lipinski definition) is 1. The minimum Gasteiger partial charge on any atom is -0.488 e. The largest absolute Gasteiger partial charge is 0.488 e. The predicted molar refractivity (Wildman–Crippen MR) is 109 cm³/mol. The summed E-state index contributed by atoms with van der Waals surface area (Å²) < 4.78 is 19.4. The molecular formula is C20H14BrClFN3O2. The summed E-state index contributed by atoms with van der Waals surface area (Å²) >= 11 is 9.31. The second-order valence-corrected chi connectivity index (χ2v) is 6.86. The van der Waals surface area contributed by atoms with Crippen LogP contribution >= 0.6 is 27.5 Å². The van der Waals surface area contributed by atoms with Crippen molar-refractivity contribution in [2.24, 2.45) is 5.10 Å². The van der Waals surface area contributed by atoms with Gasteiger partial charge in [-0.2, -0.15) is 5.10 Å². The number of carbonyl (C=O) groups is 1. The van der Waals surface area contributed by atoms with Gasteiger partial charge in [-0.1, -0.05) is 23.7 Å². The molecule has 0 unspecified atom stereocenters. The first-order valence-electron chi connectivity index (χ1n) is 8.13. The Labute approximate surface area is 174 Å². The van der Waals surface area contributed by atoms with E-state index in [-0.39, 0.29) is 16.5 Å². The van der Waals surface area contributed by atoms with Crippen LogP contribution in [0.5, 0.6) is 5.75 Å². The lowest BCUT2D eigenvalue weighted by Crippen LogP contribution is -2.18. The fourth-order valence-corrected chi connectivity index (χ4v) is 2.95. The van der Waals surface area contributed by atoms with Gasteiger partial charge in [0.25, 0.3) is 5.91 Å². The molecule has 0 saturated heterocycles. The van der Waals surface area contributed by atoms with Gasteiger partial charge in [0.15, 0.2) is 0 Å². The van der Waals surface area contributed by atoms with Gasteiger partial charge in [-0.15, -0.1) is 0 Å². The fraction of sp³-hybridized carbons (Fsp3) is 0.0500. The third-order valence-electron chi connectivity index (χ3n) is 3.65. The number of aromatic nitrogens is 1. The second kappa shape index (κ2) is 9.43. The number of hydrogen-bond acceptors (Lipinski definition) is 4. The summed E-state index contributed by atoms with van der Waals surface area (Å²) in [4.78, 5) is 15.9. The molecule has 0 aliphatic carbocycles. The Morgan fingerprint density at radius 2 is 2.04 bits per heavy atom. The number of benzene rings is 2. The Kier molecular flexibility index (Phi) is 6.73. The van der Waals surface area contributed by atoms with Crippen molar-refractivity contribution in [2.75, 3.05) is 0 Å². The van der Waals surface area contributed by atoms with Crippen LogP contribution in [-0.4, -0.2) is 17.1 Å². The van der Waals surface area contributed by atoms with Crippen molar-refractivity contribution in [3.8, 4) is 5.75 Å². The molecule has 0 aliphatic heterocycles. The standard InChI is InChI=1S/C20H14BrClFN3O2/c21-17-10-14(11-25-26-20(27)16-2-1-9-24-19(16)22)5-8-18(17)28-12-13-3-6-15(23)7-4-13/h1-11H,12H2,(H,26,27).